The third kappa shape index (κ3) is 3.79. The second-order valence-corrected chi connectivity index (χ2v) is 7.35. The first-order valence-corrected chi connectivity index (χ1v) is 8.64. The van der Waals surface area contributed by atoms with E-state index >= 15 is 0 Å². The summed E-state index contributed by atoms with van der Waals surface area (Å²) in [4.78, 5) is 5.97. The zero-order chi connectivity index (χ0) is 13.8. The molecule has 1 N–H and O–H groups in total. The molecule has 0 radical (unpaired) electrons. The van der Waals surface area contributed by atoms with Crippen LogP contribution in [-0.4, -0.2) is 11.0 Å². The third-order valence-electron chi connectivity index (χ3n) is 4.43. The van der Waals surface area contributed by atoms with E-state index in [1.54, 1.807) is 0 Å². The minimum Gasteiger partial charge on any atom is -0.305 e. The number of thiazole rings is 1. The van der Waals surface area contributed by atoms with E-state index in [-0.39, 0.29) is 0 Å². The molecule has 0 aromatic carbocycles. The quantitative estimate of drug-likeness (QED) is 0.854. The second-order valence-electron chi connectivity index (χ2n) is 6.21. The minimum atomic E-state index is 0.398. The molecule has 1 heterocycles. The molecule has 1 aliphatic rings. The second kappa shape index (κ2) is 6.85. The van der Waals surface area contributed by atoms with E-state index in [1.807, 2.05) is 17.5 Å². The van der Waals surface area contributed by atoms with Crippen LogP contribution in [0.15, 0.2) is 6.20 Å². The van der Waals surface area contributed by atoms with E-state index in [1.165, 1.54) is 35.6 Å². The highest BCUT2D eigenvalue weighted by Crippen LogP contribution is 2.32. The van der Waals surface area contributed by atoms with E-state index in [2.05, 4.69) is 38.0 Å². The van der Waals surface area contributed by atoms with E-state index in [0.29, 0.717) is 12.1 Å². The molecular weight excluding hydrogens is 252 g/mol. The maximum Gasteiger partial charge on any atom is 0.109 e. The van der Waals surface area contributed by atoms with Crippen molar-refractivity contribution in [1.29, 1.82) is 0 Å². The van der Waals surface area contributed by atoms with Gasteiger partial charge in [0.05, 0.1) is 6.04 Å². The van der Waals surface area contributed by atoms with Crippen LogP contribution in [0.2, 0.25) is 0 Å². The Morgan fingerprint density at radius 3 is 2.68 bits per heavy atom. The minimum absolute atomic E-state index is 0.398. The molecule has 1 fully saturated rings. The van der Waals surface area contributed by atoms with Crippen LogP contribution in [0.25, 0.3) is 0 Å². The Labute approximate surface area is 122 Å². The molecule has 19 heavy (non-hydrogen) atoms. The highest BCUT2D eigenvalue weighted by Gasteiger charge is 2.28. The van der Waals surface area contributed by atoms with Crippen LogP contribution >= 0.6 is 11.3 Å². The van der Waals surface area contributed by atoms with Gasteiger partial charge >= 0.3 is 0 Å². The maximum absolute atomic E-state index is 4.58. The Balaban J connectivity index is 1.98. The smallest absolute Gasteiger partial charge is 0.109 e. The molecule has 0 aliphatic heterocycles. The van der Waals surface area contributed by atoms with Gasteiger partial charge in [0.25, 0.3) is 0 Å². The molecule has 1 aliphatic carbocycles. The molecule has 2 rings (SSSR count). The number of nitrogens with zero attached hydrogens (tertiary/aromatic N) is 1. The molecule has 2 nitrogen and oxygen atoms in total. The summed E-state index contributed by atoms with van der Waals surface area (Å²) in [6, 6.07) is 1.08. The van der Waals surface area contributed by atoms with Crippen LogP contribution in [0.5, 0.6) is 0 Å². The van der Waals surface area contributed by atoms with Gasteiger partial charge in [-0.05, 0) is 38.0 Å². The van der Waals surface area contributed by atoms with E-state index in [0.717, 1.165) is 18.3 Å². The van der Waals surface area contributed by atoms with Crippen LogP contribution in [0.4, 0.5) is 0 Å². The third-order valence-corrected chi connectivity index (χ3v) is 5.75. The molecule has 1 aromatic rings. The van der Waals surface area contributed by atoms with Crippen molar-refractivity contribution in [2.24, 2.45) is 11.8 Å². The molecule has 0 amide bonds. The van der Waals surface area contributed by atoms with Gasteiger partial charge in [0.1, 0.15) is 5.01 Å². The number of hydrogen-bond donors (Lipinski definition) is 1. The molecule has 0 spiro atoms. The zero-order valence-electron chi connectivity index (χ0n) is 12.8. The van der Waals surface area contributed by atoms with Gasteiger partial charge in [-0.15, -0.1) is 11.3 Å². The van der Waals surface area contributed by atoms with Gasteiger partial charge in [0, 0.05) is 17.1 Å². The SMILES string of the molecule is CCc1cnc(C(C)NC2CCCCC2C(C)C)s1. The van der Waals surface area contributed by atoms with Crippen molar-refractivity contribution in [3.63, 3.8) is 0 Å². The summed E-state index contributed by atoms with van der Waals surface area (Å²) in [5.41, 5.74) is 0. The first-order valence-electron chi connectivity index (χ1n) is 7.82. The lowest BCUT2D eigenvalue weighted by atomic mass is 9.77. The molecule has 3 unspecified atom stereocenters. The average Bonchev–Trinajstić information content (AvgIpc) is 2.88. The van der Waals surface area contributed by atoms with Crippen LogP contribution in [0.1, 0.15) is 69.3 Å². The van der Waals surface area contributed by atoms with Crippen LogP contribution in [0.3, 0.4) is 0 Å². The van der Waals surface area contributed by atoms with E-state index in [9.17, 15) is 0 Å². The topological polar surface area (TPSA) is 24.9 Å². The van der Waals surface area contributed by atoms with Gasteiger partial charge in [-0.1, -0.05) is 33.6 Å². The lowest BCUT2D eigenvalue weighted by molar-refractivity contribution is 0.195. The first-order chi connectivity index (χ1) is 9.11. The van der Waals surface area contributed by atoms with Gasteiger partial charge in [0.2, 0.25) is 0 Å². The zero-order valence-corrected chi connectivity index (χ0v) is 13.6. The predicted molar refractivity (Wildman–Crippen MR) is 83.6 cm³/mol. The van der Waals surface area contributed by atoms with Gasteiger partial charge in [-0.2, -0.15) is 0 Å². The Morgan fingerprint density at radius 2 is 2.05 bits per heavy atom. The van der Waals surface area contributed by atoms with E-state index in [4.69, 9.17) is 0 Å². The monoisotopic (exact) mass is 280 g/mol. The van der Waals surface area contributed by atoms with Crippen molar-refractivity contribution < 1.29 is 0 Å². The fourth-order valence-corrected chi connectivity index (χ4v) is 4.11. The van der Waals surface area contributed by atoms with Crippen molar-refractivity contribution in [2.45, 2.75) is 71.9 Å². The number of aryl methyl sites for hydroxylation is 1. The highest BCUT2D eigenvalue weighted by atomic mass is 32.1. The lowest BCUT2D eigenvalue weighted by Gasteiger charge is -2.36. The number of nitrogens with one attached hydrogen (secondary N) is 1. The molecule has 0 saturated heterocycles. The molecule has 1 saturated carbocycles. The van der Waals surface area contributed by atoms with Gasteiger partial charge < -0.3 is 5.32 Å². The summed E-state index contributed by atoms with van der Waals surface area (Å²) >= 11 is 1.87. The molecule has 0 bridgehead atoms. The van der Waals surface area contributed by atoms with Crippen molar-refractivity contribution in [3.05, 3.63) is 16.1 Å². The van der Waals surface area contributed by atoms with Crippen LogP contribution < -0.4 is 5.32 Å². The Hall–Kier alpha value is -0.410. The summed E-state index contributed by atoms with van der Waals surface area (Å²) in [6.07, 6.45) is 8.65. The van der Waals surface area contributed by atoms with Crippen LogP contribution in [-0.2, 0) is 6.42 Å². The standard InChI is InChI=1S/C16H28N2S/c1-5-13-10-17-16(19-13)12(4)18-15-9-7-6-8-14(15)11(2)3/h10-12,14-15,18H,5-9H2,1-4H3. The largest absolute Gasteiger partial charge is 0.305 e. The Bertz CT molecular complexity index is 386. The normalized spacial score (nSPS) is 25.7. The highest BCUT2D eigenvalue weighted by molar-refractivity contribution is 7.11. The summed E-state index contributed by atoms with van der Waals surface area (Å²) in [5.74, 6) is 1.62. The van der Waals surface area contributed by atoms with Crippen molar-refractivity contribution in [1.82, 2.24) is 10.3 Å². The summed E-state index contributed by atoms with van der Waals surface area (Å²) < 4.78 is 0. The van der Waals surface area contributed by atoms with Crippen molar-refractivity contribution in [2.75, 3.05) is 0 Å². The Kier molecular flexibility index (Phi) is 5.40. The fourth-order valence-electron chi connectivity index (χ4n) is 3.24. The summed E-state index contributed by atoms with van der Waals surface area (Å²) in [5, 5.41) is 5.11. The lowest BCUT2D eigenvalue weighted by Crippen LogP contribution is -2.41. The van der Waals surface area contributed by atoms with Gasteiger partial charge in [-0.25, -0.2) is 4.98 Å². The molecule has 3 heteroatoms. The molecule has 3 atom stereocenters. The fraction of sp³-hybridized carbons (Fsp3) is 0.812. The number of hydrogen-bond acceptors (Lipinski definition) is 3. The summed E-state index contributed by atoms with van der Waals surface area (Å²) in [6.45, 7) is 9.21. The average molecular weight is 280 g/mol. The molecule has 108 valence electrons. The number of rotatable bonds is 5. The predicted octanol–water partition coefficient (Wildman–Crippen LogP) is 4.57. The van der Waals surface area contributed by atoms with Gasteiger partial charge in [-0.3, -0.25) is 0 Å². The number of aromatic nitrogens is 1. The first kappa shape index (κ1) is 15.0. The summed E-state index contributed by atoms with van der Waals surface area (Å²) in [7, 11) is 0. The van der Waals surface area contributed by atoms with Gasteiger partial charge in [0.15, 0.2) is 0 Å². The van der Waals surface area contributed by atoms with Crippen LogP contribution in [0, 0.1) is 11.8 Å². The van der Waals surface area contributed by atoms with Crippen molar-refractivity contribution >= 4 is 11.3 Å². The molecule has 1 aromatic heterocycles. The molecular formula is C16H28N2S. The Morgan fingerprint density at radius 1 is 1.32 bits per heavy atom. The maximum atomic E-state index is 4.58. The van der Waals surface area contributed by atoms with E-state index < -0.39 is 0 Å². The van der Waals surface area contributed by atoms with Crippen molar-refractivity contribution in [3.8, 4) is 0 Å².